The summed E-state index contributed by atoms with van der Waals surface area (Å²) in [5.74, 6) is -0.152. The number of methoxy groups -OCH3 is 1. The van der Waals surface area contributed by atoms with Gasteiger partial charge in [0.1, 0.15) is 4.83 Å². The molecule has 0 aliphatic heterocycles. The third-order valence-corrected chi connectivity index (χ3v) is 7.43. The van der Waals surface area contributed by atoms with Gasteiger partial charge in [0.05, 0.1) is 29.6 Å². The molecule has 0 bridgehead atoms. The Kier molecular flexibility index (Phi) is 5.71. The second-order valence-corrected chi connectivity index (χ2v) is 9.23. The van der Waals surface area contributed by atoms with Gasteiger partial charge in [-0.15, -0.1) is 11.3 Å². The van der Waals surface area contributed by atoms with Crippen LogP contribution in [0.4, 0.5) is 0 Å². The zero-order valence-electron chi connectivity index (χ0n) is 16.7. The summed E-state index contributed by atoms with van der Waals surface area (Å²) >= 11 is 1.56. The van der Waals surface area contributed by atoms with Crippen LogP contribution in [-0.2, 0) is 9.53 Å². The Balaban J connectivity index is 1.44. The predicted molar refractivity (Wildman–Crippen MR) is 110 cm³/mol. The first-order chi connectivity index (χ1) is 13.6. The number of ether oxygens (including phenoxy) is 1. The lowest BCUT2D eigenvalue weighted by atomic mass is 9.86. The fourth-order valence-electron chi connectivity index (χ4n) is 4.65. The van der Waals surface area contributed by atoms with Crippen LogP contribution in [0.1, 0.15) is 79.2 Å². The maximum atomic E-state index is 12.8. The second kappa shape index (κ2) is 8.23. The molecule has 1 amide bonds. The van der Waals surface area contributed by atoms with E-state index in [2.05, 4.69) is 10.00 Å². The lowest BCUT2D eigenvalue weighted by Gasteiger charge is -2.27. The van der Waals surface area contributed by atoms with E-state index in [1.165, 1.54) is 39.2 Å². The van der Waals surface area contributed by atoms with Gasteiger partial charge in [-0.3, -0.25) is 14.3 Å². The lowest BCUT2D eigenvalue weighted by Crippen LogP contribution is -2.38. The van der Waals surface area contributed by atoms with Gasteiger partial charge in [-0.1, -0.05) is 19.3 Å². The Hall–Kier alpha value is -1.89. The highest BCUT2D eigenvalue weighted by atomic mass is 32.1. The highest BCUT2D eigenvalue weighted by Crippen LogP contribution is 2.35. The maximum absolute atomic E-state index is 12.8. The predicted octanol–water partition coefficient (Wildman–Crippen LogP) is 4.37. The SMILES string of the molecule is COC(=O)C1CCC(NC(=O)c2cc3c(C)nn(C4CCCCC4)c3s2)CC1. The second-order valence-electron chi connectivity index (χ2n) is 8.20. The van der Waals surface area contributed by atoms with E-state index in [1.807, 2.05) is 13.0 Å². The van der Waals surface area contributed by atoms with Crippen molar-refractivity contribution in [1.29, 1.82) is 0 Å². The summed E-state index contributed by atoms with van der Waals surface area (Å²) in [6.45, 7) is 2.03. The molecule has 2 aromatic heterocycles. The quantitative estimate of drug-likeness (QED) is 0.769. The van der Waals surface area contributed by atoms with Gasteiger partial charge in [0.25, 0.3) is 5.91 Å². The van der Waals surface area contributed by atoms with Gasteiger partial charge in [0.2, 0.25) is 0 Å². The number of hydrogen-bond acceptors (Lipinski definition) is 5. The number of esters is 1. The van der Waals surface area contributed by atoms with E-state index >= 15 is 0 Å². The van der Waals surface area contributed by atoms with Crippen LogP contribution in [0.3, 0.4) is 0 Å². The first-order valence-corrected chi connectivity index (χ1v) is 11.3. The number of rotatable bonds is 4. The van der Waals surface area contributed by atoms with Crippen LogP contribution in [-0.4, -0.2) is 34.8 Å². The molecule has 2 aromatic rings. The van der Waals surface area contributed by atoms with Crippen molar-refractivity contribution in [3.63, 3.8) is 0 Å². The van der Waals surface area contributed by atoms with Gasteiger partial charge in [-0.2, -0.15) is 5.10 Å². The molecule has 6 nitrogen and oxygen atoms in total. The van der Waals surface area contributed by atoms with Crippen LogP contribution in [0.2, 0.25) is 0 Å². The molecule has 0 saturated heterocycles. The van der Waals surface area contributed by atoms with Crippen LogP contribution >= 0.6 is 11.3 Å². The highest BCUT2D eigenvalue weighted by Gasteiger charge is 2.28. The number of hydrogen-bond donors (Lipinski definition) is 1. The monoisotopic (exact) mass is 403 g/mol. The molecule has 152 valence electrons. The van der Waals surface area contributed by atoms with Crippen molar-refractivity contribution in [1.82, 2.24) is 15.1 Å². The number of carbonyl (C=O) groups excluding carboxylic acids is 2. The van der Waals surface area contributed by atoms with E-state index in [0.29, 0.717) is 6.04 Å². The Bertz CT molecular complexity index is 858. The molecular formula is C21H29N3O3S. The summed E-state index contributed by atoms with van der Waals surface area (Å²) in [5.41, 5.74) is 1.01. The number of carbonyl (C=O) groups is 2. The molecule has 28 heavy (non-hydrogen) atoms. The molecule has 0 radical (unpaired) electrons. The number of aryl methyl sites for hydroxylation is 1. The third-order valence-electron chi connectivity index (χ3n) is 6.31. The molecule has 2 heterocycles. The lowest BCUT2D eigenvalue weighted by molar-refractivity contribution is -0.146. The molecule has 7 heteroatoms. The summed E-state index contributed by atoms with van der Waals surface area (Å²) in [6.07, 6.45) is 9.40. The number of nitrogens with one attached hydrogen (secondary N) is 1. The molecule has 0 atom stereocenters. The minimum absolute atomic E-state index is 0.00249. The van der Waals surface area contributed by atoms with Crippen molar-refractivity contribution in [2.24, 2.45) is 5.92 Å². The van der Waals surface area contributed by atoms with E-state index in [1.54, 1.807) is 11.3 Å². The topological polar surface area (TPSA) is 73.2 Å². The molecule has 2 fully saturated rings. The first kappa shape index (κ1) is 19.4. The van der Waals surface area contributed by atoms with Crippen molar-refractivity contribution in [3.05, 3.63) is 16.6 Å². The van der Waals surface area contributed by atoms with E-state index in [9.17, 15) is 9.59 Å². The van der Waals surface area contributed by atoms with Gasteiger partial charge in [-0.05, 0) is 51.5 Å². The Morgan fingerprint density at radius 1 is 1.14 bits per heavy atom. The van der Waals surface area contributed by atoms with Gasteiger partial charge in [0, 0.05) is 11.4 Å². The van der Waals surface area contributed by atoms with Crippen LogP contribution in [0, 0.1) is 12.8 Å². The van der Waals surface area contributed by atoms with E-state index in [0.717, 1.165) is 46.5 Å². The number of thiophene rings is 1. The van der Waals surface area contributed by atoms with Gasteiger partial charge in [-0.25, -0.2) is 0 Å². The van der Waals surface area contributed by atoms with Crippen molar-refractivity contribution < 1.29 is 14.3 Å². The molecule has 0 aromatic carbocycles. The van der Waals surface area contributed by atoms with Crippen molar-refractivity contribution in [3.8, 4) is 0 Å². The Morgan fingerprint density at radius 3 is 2.54 bits per heavy atom. The van der Waals surface area contributed by atoms with Crippen LogP contribution in [0.15, 0.2) is 6.07 Å². The molecule has 2 saturated carbocycles. The Labute approximate surface area is 169 Å². The molecule has 0 spiro atoms. The normalized spacial score (nSPS) is 23.6. The fourth-order valence-corrected chi connectivity index (χ4v) is 5.79. The summed E-state index contributed by atoms with van der Waals surface area (Å²) in [6, 6.07) is 2.60. The number of aromatic nitrogens is 2. The van der Waals surface area contributed by atoms with Gasteiger partial charge < -0.3 is 10.1 Å². The number of fused-ring (bicyclic) bond motifs is 1. The zero-order valence-corrected chi connectivity index (χ0v) is 17.5. The van der Waals surface area contributed by atoms with Crippen molar-refractivity contribution in [2.45, 2.75) is 76.8 Å². The van der Waals surface area contributed by atoms with Crippen LogP contribution in [0.5, 0.6) is 0 Å². The number of nitrogens with zero attached hydrogens (tertiary/aromatic N) is 2. The van der Waals surface area contributed by atoms with E-state index < -0.39 is 0 Å². The number of amides is 1. The summed E-state index contributed by atoms with van der Waals surface area (Å²) in [4.78, 5) is 26.4. The average Bonchev–Trinajstić information content (AvgIpc) is 3.29. The zero-order chi connectivity index (χ0) is 19.7. The molecule has 1 N–H and O–H groups in total. The standard InChI is InChI=1S/C21H29N3O3S/c1-13-17-12-18(28-20(17)24(23-13)16-6-4-3-5-7-16)19(25)22-15-10-8-14(9-11-15)21(26)27-2/h12,14-16H,3-11H2,1-2H3,(H,22,25). The van der Waals surface area contributed by atoms with E-state index in [4.69, 9.17) is 9.84 Å². The summed E-state index contributed by atoms with van der Waals surface area (Å²) in [7, 11) is 1.44. The van der Waals surface area contributed by atoms with E-state index in [-0.39, 0.29) is 23.8 Å². The molecular weight excluding hydrogens is 374 g/mol. The van der Waals surface area contributed by atoms with Crippen molar-refractivity contribution in [2.75, 3.05) is 7.11 Å². The van der Waals surface area contributed by atoms with Crippen molar-refractivity contribution >= 4 is 33.4 Å². The molecule has 2 aliphatic rings. The summed E-state index contributed by atoms with van der Waals surface area (Å²) in [5, 5.41) is 9.05. The van der Waals surface area contributed by atoms with Crippen LogP contribution < -0.4 is 5.32 Å². The molecule has 0 unspecified atom stereocenters. The van der Waals surface area contributed by atoms with Crippen LogP contribution in [0.25, 0.3) is 10.2 Å². The average molecular weight is 404 g/mol. The third kappa shape index (κ3) is 3.81. The minimum Gasteiger partial charge on any atom is -0.469 e. The molecule has 4 rings (SSSR count). The largest absolute Gasteiger partial charge is 0.469 e. The van der Waals surface area contributed by atoms with Gasteiger partial charge >= 0.3 is 5.97 Å². The fraction of sp³-hybridized carbons (Fsp3) is 0.667. The smallest absolute Gasteiger partial charge is 0.308 e. The first-order valence-electron chi connectivity index (χ1n) is 10.4. The highest BCUT2D eigenvalue weighted by molar-refractivity contribution is 7.20. The molecule has 2 aliphatic carbocycles. The minimum atomic E-state index is -0.128. The van der Waals surface area contributed by atoms with Gasteiger partial charge in [0.15, 0.2) is 0 Å². The maximum Gasteiger partial charge on any atom is 0.308 e. The Morgan fingerprint density at radius 2 is 1.86 bits per heavy atom. The summed E-state index contributed by atoms with van der Waals surface area (Å²) < 4.78 is 7.01.